The topological polar surface area (TPSA) is 59.0 Å². The lowest BCUT2D eigenvalue weighted by Crippen LogP contribution is -1.96. The summed E-state index contributed by atoms with van der Waals surface area (Å²) in [6.07, 6.45) is 0. The molecule has 0 unspecified atom stereocenters. The highest BCUT2D eigenvalue weighted by atomic mass is 32.1. The Hall–Kier alpha value is -2.34. The number of nitrogens with zero attached hydrogens (tertiary/aromatic N) is 1. The third kappa shape index (κ3) is 3.58. The van der Waals surface area contributed by atoms with Crippen molar-refractivity contribution in [2.45, 2.75) is 6.61 Å². The number of hydrogen-bond donors (Lipinski definition) is 1. The summed E-state index contributed by atoms with van der Waals surface area (Å²) < 4.78 is 19.0. The monoisotopic (exact) mass is 286 g/mol. The fourth-order valence-electron chi connectivity index (χ4n) is 1.51. The molecule has 3 nitrogen and oxygen atoms in total. The van der Waals surface area contributed by atoms with E-state index in [9.17, 15) is 4.39 Å². The molecular formula is C15H11FN2OS. The van der Waals surface area contributed by atoms with Crippen LogP contribution in [0.3, 0.4) is 0 Å². The van der Waals surface area contributed by atoms with Crippen LogP contribution in [0.15, 0.2) is 29.6 Å². The van der Waals surface area contributed by atoms with Gasteiger partial charge >= 0.3 is 0 Å². The van der Waals surface area contributed by atoms with E-state index in [1.54, 1.807) is 0 Å². The second kappa shape index (κ2) is 6.72. The Morgan fingerprint density at radius 2 is 2.15 bits per heavy atom. The largest absolute Gasteiger partial charge is 0.485 e. The van der Waals surface area contributed by atoms with Crippen LogP contribution >= 0.6 is 11.3 Å². The molecule has 0 radical (unpaired) electrons. The van der Waals surface area contributed by atoms with Crippen molar-refractivity contribution in [3.63, 3.8) is 0 Å². The molecule has 2 N–H and O–H groups in total. The Morgan fingerprint density at radius 3 is 2.85 bits per heavy atom. The van der Waals surface area contributed by atoms with Gasteiger partial charge in [-0.1, -0.05) is 11.8 Å². The number of rotatable bonds is 3. The smallest absolute Gasteiger partial charge is 0.166 e. The van der Waals surface area contributed by atoms with Gasteiger partial charge in [0.2, 0.25) is 0 Å². The number of hydrogen-bond acceptors (Lipinski definition) is 4. The highest BCUT2D eigenvalue weighted by molar-refractivity contribution is 7.10. The van der Waals surface area contributed by atoms with Crippen LogP contribution < -0.4 is 10.5 Å². The van der Waals surface area contributed by atoms with Gasteiger partial charge in [0.15, 0.2) is 11.6 Å². The van der Waals surface area contributed by atoms with Crippen molar-refractivity contribution in [3.8, 4) is 23.7 Å². The van der Waals surface area contributed by atoms with Crippen LogP contribution in [-0.2, 0) is 6.61 Å². The van der Waals surface area contributed by atoms with Crippen molar-refractivity contribution in [2.24, 2.45) is 5.73 Å². The number of ether oxygens (including phenoxy) is 1. The average molecular weight is 286 g/mol. The number of nitrogens with two attached hydrogens (primary N) is 1. The number of thiophene rings is 1. The van der Waals surface area contributed by atoms with Gasteiger partial charge in [0.25, 0.3) is 0 Å². The van der Waals surface area contributed by atoms with Gasteiger partial charge in [-0.05, 0) is 24.3 Å². The first-order valence-electron chi connectivity index (χ1n) is 5.81. The number of nitriles is 1. The van der Waals surface area contributed by atoms with Crippen LogP contribution in [0, 0.1) is 29.0 Å². The van der Waals surface area contributed by atoms with E-state index in [-0.39, 0.29) is 17.9 Å². The summed E-state index contributed by atoms with van der Waals surface area (Å²) in [4.78, 5) is 0.940. The fraction of sp³-hybridized carbons (Fsp3) is 0.133. The molecule has 0 atom stereocenters. The molecule has 0 fully saturated rings. The third-order valence-corrected chi connectivity index (χ3v) is 3.33. The van der Waals surface area contributed by atoms with E-state index in [4.69, 9.17) is 15.7 Å². The molecule has 0 aliphatic heterocycles. The van der Waals surface area contributed by atoms with Gasteiger partial charge in [-0.25, -0.2) is 4.39 Å². The molecule has 20 heavy (non-hydrogen) atoms. The Kier molecular flexibility index (Phi) is 4.73. The number of halogens is 1. The van der Waals surface area contributed by atoms with Gasteiger partial charge in [-0.2, -0.15) is 5.26 Å². The lowest BCUT2D eigenvalue weighted by Gasteiger charge is -2.05. The summed E-state index contributed by atoms with van der Waals surface area (Å²) in [5.41, 5.74) is 6.44. The average Bonchev–Trinajstić information content (AvgIpc) is 2.91. The summed E-state index contributed by atoms with van der Waals surface area (Å²) >= 11 is 1.49. The molecule has 2 aromatic rings. The van der Waals surface area contributed by atoms with Crippen molar-refractivity contribution in [2.75, 3.05) is 6.54 Å². The van der Waals surface area contributed by atoms with Crippen LogP contribution in [0.1, 0.15) is 16.0 Å². The van der Waals surface area contributed by atoms with Crippen LogP contribution in [0.2, 0.25) is 0 Å². The van der Waals surface area contributed by atoms with Crippen molar-refractivity contribution < 1.29 is 9.13 Å². The zero-order valence-electron chi connectivity index (χ0n) is 10.5. The van der Waals surface area contributed by atoms with Crippen molar-refractivity contribution in [3.05, 3.63) is 51.5 Å². The first-order valence-corrected chi connectivity index (χ1v) is 6.69. The molecule has 0 bridgehead atoms. The predicted octanol–water partition coefficient (Wildman–Crippen LogP) is 2.65. The van der Waals surface area contributed by atoms with Crippen molar-refractivity contribution >= 4 is 11.3 Å². The highest BCUT2D eigenvalue weighted by Gasteiger charge is 2.06. The molecule has 0 amide bonds. The maximum Gasteiger partial charge on any atom is 0.166 e. The molecule has 5 heteroatoms. The summed E-state index contributed by atoms with van der Waals surface area (Å²) in [6.45, 7) is 0.579. The molecule has 0 saturated carbocycles. The Balaban J connectivity index is 2.02. The maximum atomic E-state index is 13.6. The van der Waals surface area contributed by atoms with Gasteiger partial charge < -0.3 is 10.5 Å². The summed E-state index contributed by atoms with van der Waals surface area (Å²) in [5, 5.41) is 10.6. The quantitative estimate of drug-likeness (QED) is 0.882. The van der Waals surface area contributed by atoms with Crippen LogP contribution in [-0.4, -0.2) is 6.54 Å². The zero-order chi connectivity index (χ0) is 14.4. The second-order valence-corrected chi connectivity index (χ2v) is 4.85. The minimum Gasteiger partial charge on any atom is -0.485 e. The first-order chi connectivity index (χ1) is 9.72. The Bertz CT molecular complexity index is 707. The molecule has 1 heterocycles. The fourth-order valence-corrected chi connectivity index (χ4v) is 2.24. The predicted molar refractivity (Wildman–Crippen MR) is 75.7 cm³/mol. The molecule has 0 spiro atoms. The van der Waals surface area contributed by atoms with E-state index in [2.05, 4.69) is 11.8 Å². The van der Waals surface area contributed by atoms with E-state index < -0.39 is 5.82 Å². The minimum absolute atomic E-state index is 0.131. The molecule has 2 rings (SSSR count). The van der Waals surface area contributed by atoms with Crippen molar-refractivity contribution in [1.82, 2.24) is 0 Å². The zero-order valence-corrected chi connectivity index (χ0v) is 11.3. The van der Waals surface area contributed by atoms with E-state index in [0.29, 0.717) is 6.54 Å². The Labute approximate surface area is 120 Å². The van der Waals surface area contributed by atoms with Crippen LogP contribution in [0.4, 0.5) is 4.39 Å². The molecule has 0 saturated heterocycles. The Morgan fingerprint density at radius 1 is 1.30 bits per heavy atom. The van der Waals surface area contributed by atoms with Crippen LogP contribution in [0.5, 0.6) is 5.75 Å². The SMILES string of the molecule is N#Cc1ccc(OCc2cc(C#CCN)cs2)c(F)c1. The van der Waals surface area contributed by atoms with E-state index in [1.807, 2.05) is 17.5 Å². The normalized spacial score (nSPS) is 9.45. The van der Waals surface area contributed by atoms with Crippen LogP contribution in [0.25, 0.3) is 0 Å². The summed E-state index contributed by atoms with van der Waals surface area (Å²) in [6, 6.07) is 7.89. The molecule has 1 aromatic carbocycles. The molecule has 1 aromatic heterocycles. The van der Waals surface area contributed by atoms with E-state index in [1.165, 1.54) is 23.5 Å². The molecule has 0 aliphatic rings. The third-order valence-electron chi connectivity index (χ3n) is 2.42. The van der Waals surface area contributed by atoms with E-state index >= 15 is 0 Å². The second-order valence-electron chi connectivity index (χ2n) is 3.85. The van der Waals surface area contributed by atoms with Gasteiger partial charge in [0.05, 0.1) is 18.2 Å². The van der Waals surface area contributed by atoms with Gasteiger partial charge in [-0.15, -0.1) is 11.3 Å². The molecular weight excluding hydrogens is 275 g/mol. The van der Waals surface area contributed by atoms with E-state index in [0.717, 1.165) is 16.5 Å². The summed E-state index contributed by atoms with van der Waals surface area (Å²) in [5.74, 6) is 5.28. The minimum atomic E-state index is -0.538. The maximum absolute atomic E-state index is 13.6. The van der Waals surface area contributed by atoms with Crippen molar-refractivity contribution in [1.29, 1.82) is 5.26 Å². The number of benzene rings is 1. The lowest BCUT2D eigenvalue weighted by molar-refractivity contribution is 0.293. The summed E-state index contributed by atoms with van der Waals surface area (Å²) in [7, 11) is 0. The van der Waals surface area contributed by atoms with Gasteiger partial charge in [0, 0.05) is 15.8 Å². The van der Waals surface area contributed by atoms with Gasteiger partial charge in [-0.3, -0.25) is 0 Å². The standard InChI is InChI=1S/C15H11FN2OS/c16-14-7-11(8-18)3-4-15(14)19-9-13-6-12(10-20-13)2-1-5-17/h3-4,6-7,10H,5,9,17H2. The molecule has 100 valence electrons. The molecule has 0 aliphatic carbocycles. The lowest BCUT2D eigenvalue weighted by atomic mass is 10.2. The first kappa shape index (κ1) is 14.1. The van der Waals surface area contributed by atoms with Gasteiger partial charge in [0.1, 0.15) is 6.61 Å². The highest BCUT2D eigenvalue weighted by Crippen LogP contribution is 2.21.